The predicted molar refractivity (Wildman–Crippen MR) is 121 cm³/mol. The number of carbonyl (C=O) groups is 1. The van der Waals surface area contributed by atoms with E-state index in [2.05, 4.69) is 5.32 Å². The van der Waals surface area contributed by atoms with Crippen molar-refractivity contribution in [2.24, 2.45) is 0 Å². The molecule has 0 saturated carbocycles. The molecule has 30 heavy (non-hydrogen) atoms. The average Bonchev–Trinajstić information content (AvgIpc) is 2.67. The highest BCUT2D eigenvalue weighted by molar-refractivity contribution is 7.89. The Morgan fingerprint density at radius 2 is 1.60 bits per heavy atom. The molecule has 0 radical (unpaired) electrons. The van der Waals surface area contributed by atoms with Crippen LogP contribution < -0.4 is 5.32 Å². The molecule has 1 amide bonds. The summed E-state index contributed by atoms with van der Waals surface area (Å²) in [5.41, 5.74) is 4.04. The zero-order chi connectivity index (χ0) is 22.1. The molecule has 162 valence electrons. The van der Waals surface area contributed by atoms with Crippen LogP contribution in [-0.4, -0.2) is 56.3 Å². The Labute approximate surface area is 187 Å². The Morgan fingerprint density at radius 1 is 1.00 bits per heavy atom. The van der Waals surface area contributed by atoms with E-state index in [1.807, 2.05) is 37.8 Å². The maximum absolute atomic E-state index is 12.9. The van der Waals surface area contributed by atoms with Crippen LogP contribution >= 0.6 is 23.2 Å². The number of sulfonamides is 1. The summed E-state index contributed by atoms with van der Waals surface area (Å²) in [6.07, 6.45) is 0. The summed E-state index contributed by atoms with van der Waals surface area (Å²) in [7, 11) is -3.74. The van der Waals surface area contributed by atoms with Crippen LogP contribution in [0.15, 0.2) is 35.2 Å². The van der Waals surface area contributed by atoms with Crippen LogP contribution in [0.5, 0.6) is 0 Å². The van der Waals surface area contributed by atoms with Crippen molar-refractivity contribution in [1.29, 1.82) is 0 Å². The third kappa shape index (κ3) is 5.15. The Hall–Kier alpha value is -1.64. The Morgan fingerprint density at radius 3 is 2.20 bits per heavy atom. The van der Waals surface area contributed by atoms with Gasteiger partial charge in [0, 0.05) is 36.9 Å². The summed E-state index contributed by atoms with van der Waals surface area (Å²) in [6.45, 7) is 7.64. The van der Waals surface area contributed by atoms with Gasteiger partial charge in [-0.2, -0.15) is 4.31 Å². The summed E-state index contributed by atoms with van der Waals surface area (Å²) in [6, 6.07) is 8.47. The summed E-state index contributed by atoms with van der Waals surface area (Å²) in [5, 5.41) is 3.45. The quantitative estimate of drug-likeness (QED) is 0.721. The minimum absolute atomic E-state index is 0.00758. The molecule has 3 rings (SSSR count). The lowest BCUT2D eigenvalue weighted by Gasteiger charge is -2.33. The van der Waals surface area contributed by atoms with Gasteiger partial charge in [0.15, 0.2) is 0 Å². The van der Waals surface area contributed by atoms with Crippen molar-refractivity contribution in [3.05, 3.63) is 57.1 Å². The van der Waals surface area contributed by atoms with Gasteiger partial charge in [-0.05, 0) is 50.1 Å². The molecule has 1 aliphatic rings. The van der Waals surface area contributed by atoms with Gasteiger partial charge in [0.25, 0.3) is 0 Å². The number of hydrogen-bond donors (Lipinski definition) is 1. The number of aryl methyl sites for hydroxylation is 3. The van der Waals surface area contributed by atoms with Gasteiger partial charge in [0.1, 0.15) is 4.90 Å². The molecular weight excluding hydrogens is 445 g/mol. The number of carbonyl (C=O) groups excluding carboxylic acids is 1. The number of benzene rings is 2. The van der Waals surface area contributed by atoms with Gasteiger partial charge in [-0.25, -0.2) is 8.42 Å². The number of nitrogens with zero attached hydrogens (tertiary/aromatic N) is 2. The van der Waals surface area contributed by atoms with Crippen molar-refractivity contribution >= 4 is 44.8 Å². The second kappa shape index (κ2) is 9.24. The van der Waals surface area contributed by atoms with E-state index in [1.165, 1.54) is 16.4 Å². The van der Waals surface area contributed by atoms with Crippen molar-refractivity contribution in [2.75, 3.05) is 38.0 Å². The van der Waals surface area contributed by atoms with Crippen LogP contribution in [0.4, 0.5) is 5.69 Å². The monoisotopic (exact) mass is 469 g/mol. The molecule has 0 aliphatic carbocycles. The van der Waals surface area contributed by atoms with Gasteiger partial charge in [-0.1, -0.05) is 40.9 Å². The molecule has 6 nitrogen and oxygen atoms in total. The molecule has 1 fully saturated rings. The van der Waals surface area contributed by atoms with Crippen molar-refractivity contribution < 1.29 is 13.2 Å². The van der Waals surface area contributed by atoms with Gasteiger partial charge in [0.2, 0.25) is 15.9 Å². The Bertz CT molecular complexity index is 1040. The number of anilines is 1. The first-order valence-electron chi connectivity index (χ1n) is 9.63. The molecule has 0 unspecified atom stereocenters. The standard InChI is InChI=1S/C21H25Cl2N3O3S/c1-14-10-15(2)21(16(3)11-14)24-20(27)13-25-6-8-26(9-7-25)30(28,29)19-12-17(22)4-5-18(19)23/h4-5,10-12H,6-9,13H2,1-3H3,(H,24,27). The molecule has 0 aromatic heterocycles. The van der Waals surface area contributed by atoms with Gasteiger partial charge in [-0.15, -0.1) is 0 Å². The second-order valence-corrected chi connectivity index (χ2v) is 10.3. The van der Waals surface area contributed by atoms with E-state index in [-0.39, 0.29) is 35.5 Å². The fourth-order valence-electron chi connectivity index (χ4n) is 3.70. The van der Waals surface area contributed by atoms with Crippen molar-refractivity contribution in [3.8, 4) is 0 Å². The maximum atomic E-state index is 12.9. The van der Waals surface area contributed by atoms with Gasteiger partial charge in [0.05, 0.1) is 11.6 Å². The zero-order valence-corrected chi connectivity index (χ0v) is 19.5. The molecule has 0 bridgehead atoms. The van der Waals surface area contributed by atoms with Gasteiger partial charge < -0.3 is 5.32 Å². The molecule has 1 N–H and O–H groups in total. The molecule has 1 aliphatic heterocycles. The van der Waals surface area contributed by atoms with Crippen LogP contribution in [0.3, 0.4) is 0 Å². The lowest BCUT2D eigenvalue weighted by molar-refractivity contribution is -0.117. The number of halogens is 2. The van der Waals surface area contributed by atoms with Crippen molar-refractivity contribution in [1.82, 2.24) is 9.21 Å². The first-order chi connectivity index (χ1) is 14.1. The van der Waals surface area contributed by atoms with E-state index in [9.17, 15) is 13.2 Å². The summed E-state index contributed by atoms with van der Waals surface area (Å²) in [4.78, 5) is 14.5. The predicted octanol–water partition coefficient (Wildman–Crippen LogP) is 3.86. The molecule has 2 aromatic rings. The summed E-state index contributed by atoms with van der Waals surface area (Å²) >= 11 is 12.0. The molecular formula is C21H25Cl2N3O3S. The van der Waals surface area contributed by atoms with Gasteiger partial charge in [-0.3, -0.25) is 9.69 Å². The fraction of sp³-hybridized carbons (Fsp3) is 0.381. The van der Waals surface area contributed by atoms with Crippen molar-refractivity contribution in [2.45, 2.75) is 25.7 Å². The first-order valence-corrected chi connectivity index (χ1v) is 11.8. The van der Waals surface area contributed by atoms with Crippen LogP contribution in [0, 0.1) is 20.8 Å². The maximum Gasteiger partial charge on any atom is 0.244 e. The normalized spacial score (nSPS) is 15.9. The number of rotatable bonds is 5. The second-order valence-electron chi connectivity index (χ2n) is 7.58. The number of nitrogens with one attached hydrogen (secondary N) is 1. The number of piperazine rings is 1. The minimum atomic E-state index is -3.74. The minimum Gasteiger partial charge on any atom is -0.324 e. The van der Waals surface area contributed by atoms with E-state index in [1.54, 1.807) is 6.07 Å². The van der Waals surface area contributed by atoms with E-state index in [0.717, 1.165) is 22.4 Å². The highest BCUT2D eigenvalue weighted by Gasteiger charge is 2.30. The Kier molecular flexibility index (Phi) is 7.09. The molecule has 1 heterocycles. The molecule has 9 heteroatoms. The Balaban J connectivity index is 1.61. The SMILES string of the molecule is Cc1cc(C)c(NC(=O)CN2CCN(S(=O)(=O)c3cc(Cl)ccc3Cl)CC2)c(C)c1. The van der Waals surface area contributed by atoms with Crippen LogP contribution in [0.1, 0.15) is 16.7 Å². The topological polar surface area (TPSA) is 69.7 Å². The summed E-state index contributed by atoms with van der Waals surface area (Å²) < 4.78 is 27.2. The van der Waals surface area contributed by atoms with E-state index in [0.29, 0.717) is 18.1 Å². The summed E-state index contributed by atoms with van der Waals surface area (Å²) in [5.74, 6) is -0.112. The third-order valence-corrected chi connectivity index (χ3v) is 7.77. The van der Waals surface area contributed by atoms with E-state index >= 15 is 0 Å². The van der Waals surface area contributed by atoms with E-state index in [4.69, 9.17) is 23.2 Å². The molecule has 0 atom stereocenters. The van der Waals surface area contributed by atoms with Crippen LogP contribution in [0.2, 0.25) is 10.0 Å². The highest BCUT2D eigenvalue weighted by Crippen LogP contribution is 2.28. The molecule has 1 saturated heterocycles. The van der Waals surface area contributed by atoms with Crippen LogP contribution in [0.25, 0.3) is 0 Å². The lowest BCUT2D eigenvalue weighted by atomic mass is 10.1. The zero-order valence-electron chi connectivity index (χ0n) is 17.2. The average molecular weight is 470 g/mol. The third-order valence-electron chi connectivity index (χ3n) is 5.15. The van der Waals surface area contributed by atoms with E-state index < -0.39 is 10.0 Å². The van der Waals surface area contributed by atoms with Crippen LogP contribution in [-0.2, 0) is 14.8 Å². The molecule has 0 spiro atoms. The first kappa shape index (κ1) is 23.0. The highest BCUT2D eigenvalue weighted by atomic mass is 35.5. The van der Waals surface area contributed by atoms with Crippen molar-refractivity contribution in [3.63, 3.8) is 0 Å². The smallest absolute Gasteiger partial charge is 0.244 e. The largest absolute Gasteiger partial charge is 0.324 e. The number of hydrogen-bond acceptors (Lipinski definition) is 4. The van der Waals surface area contributed by atoms with Gasteiger partial charge >= 0.3 is 0 Å². The number of amides is 1. The fourth-order valence-corrected chi connectivity index (χ4v) is 5.86. The molecule has 2 aromatic carbocycles. The lowest BCUT2D eigenvalue weighted by Crippen LogP contribution is -2.50.